The van der Waals surface area contributed by atoms with Crippen molar-refractivity contribution in [1.82, 2.24) is 0 Å². The lowest BCUT2D eigenvalue weighted by molar-refractivity contribution is -0.174. The number of fused-ring (bicyclic) bond motifs is 1. The number of carbonyl (C=O) groups is 4. The summed E-state index contributed by atoms with van der Waals surface area (Å²) >= 11 is 0. The monoisotopic (exact) mass is 462 g/mol. The minimum Gasteiger partial charge on any atom is -0.457 e. The number of rotatable bonds is 6. The van der Waals surface area contributed by atoms with Crippen LogP contribution in [0.5, 0.6) is 0 Å². The average molecular weight is 462 g/mol. The van der Waals surface area contributed by atoms with Crippen LogP contribution in [-0.2, 0) is 33.4 Å². The van der Waals surface area contributed by atoms with Crippen molar-refractivity contribution in [2.24, 2.45) is 5.92 Å². The first-order valence-corrected chi connectivity index (χ1v) is 10.8. The summed E-state index contributed by atoms with van der Waals surface area (Å²) in [6.45, 7) is 12.7. The van der Waals surface area contributed by atoms with E-state index >= 15 is 0 Å². The van der Waals surface area contributed by atoms with Gasteiger partial charge >= 0.3 is 11.9 Å². The molecule has 0 unspecified atom stereocenters. The summed E-state index contributed by atoms with van der Waals surface area (Å²) in [7, 11) is 0. The average Bonchev–Trinajstić information content (AvgIpc) is 3.29. The van der Waals surface area contributed by atoms with Gasteiger partial charge in [0.25, 0.3) is 0 Å². The molecule has 0 aromatic heterocycles. The van der Waals surface area contributed by atoms with E-state index < -0.39 is 65.0 Å². The molecular formula is C24H30O9. The Morgan fingerprint density at radius 3 is 2.30 bits per heavy atom. The Morgan fingerprint density at radius 1 is 1.24 bits per heavy atom. The van der Waals surface area contributed by atoms with Crippen LogP contribution in [0.25, 0.3) is 0 Å². The van der Waals surface area contributed by atoms with Crippen molar-refractivity contribution < 1.29 is 43.6 Å². The van der Waals surface area contributed by atoms with Gasteiger partial charge in [0.05, 0.1) is 12.0 Å². The Hall–Kier alpha value is -2.62. The number of aliphatic hydroxyl groups is 2. The Kier molecular flexibility index (Phi) is 6.29. The molecule has 0 bridgehead atoms. The van der Waals surface area contributed by atoms with Crippen LogP contribution in [0.1, 0.15) is 48.0 Å². The molecule has 0 spiro atoms. The minimum absolute atomic E-state index is 0.0359. The highest BCUT2D eigenvalue weighted by Gasteiger charge is 2.62. The summed E-state index contributed by atoms with van der Waals surface area (Å²) in [6, 6.07) is 0. The number of aliphatic hydroxyl groups excluding tert-OH is 1. The molecule has 9 nitrogen and oxygen atoms in total. The number of epoxide rings is 1. The SMILES string of the molecule is C=C(C(=O)CC)[C@@H]1[C@@H](OC(C)=O)[C@H](OC(=O)[C@]2(C)O[C@H]2C)C(C)=C2C(=O)C=C(C)[C@]2(O)[C@H]1O. The summed E-state index contributed by atoms with van der Waals surface area (Å²) in [4.78, 5) is 50.5. The van der Waals surface area contributed by atoms with Gasteiger partial charge in [0.2, 0.25) is 0 Å². The summed E-state index contributed by atoms with van der Waals surface area (Å²) in [5.41, 5.74) is -3.46. The van der Waals surface area contributed by atoms with Crippen LogP contribution in [0.2, 0.25) is 0 Å². The Bertz CT molecular complexity index is 1010. The van der Waals surface area contributed by atoms with Gasteiger partial charge in [-0.2, -0.15) is 0 Å². The number of ketones is 2. The van der Waals surface area contributed by atoms with Crippen molar-refractivity contribution in [3.8, 4) is 0 Å². The van der Waals surface area contributed by atoms with Gasteiger partial charge in [-0.3, -0.25) is 14.4 Å². The minimum atomic E-state index is -2.18. The van der Waals surface area contributed by atoms with Gasteiger partial charge in [-0.15, -0.1) is 0 Å². The number of ether oxygens (including phenoxy) is 3. The van der Waals surface area contributed by atoms with E-state index in [9.17, 15) is 29.4 Å². The maximum atomic E-state index is 12.9. The number of esters is 2. The van der Waals surface area contributed by atoms with E-state index in [0.29, 0.717) is 0 Å². The molecule has 7 atom stereocenters. The van der Waals surface area contributed by atoms with E-state index in [1.807, 2.05) is 0 Å². The maximum Gasteiger partial charge on any atom is 0.341 e. The van der Waals surface area contributed by atoms with Crippen LogP contribution in [0, 0.1) is 5.92 Å². The molecule has 1 heterocycles. The first kappa shape index (κ1) is 25.0. The number of hydrogen-bond donors (Lipinski definition) is 2. The molecule has 0 aromatic carbocycles. The Labute approximate surface area is 192 Å². The van der Waals surface area contributed by atoms with Crippen LogP contribution in [0.4, 0.5) is 0 Å². The largest absolute Gasteiger partial charge is 0.457 e. The van der Waals surface area contributed by atoms with Crippen LogP contribution >= 0.6 is 0 Å². The van der Waals surface area contributed by atoms with E-state index in [1.165, 1.54) is 26.8 Å². The predicted molar refractivity (Wildman–Crippen MR) is 115 cm³/mol. The number of allylic oxidation sites excluding steroid dienone is 1. The molecule has 3 aliphatic rings. The van der Waals surface area contributed by atoms with Crippen LogP contribution in [-0.4, -0.2) is 69.3 Å². The summed E-state index contributed by atoms with van der Waals surface area (Å²) in [5.74, 6) is -3.92. The lowest BCUT2D eigenvalue weighted by Gasteiger charge is -2.38. The number of Topliss-reactive ketones (excluding diaryl/α,β-unsaturated/α-hetero) is 1. The molecular weight excluding hydrogens is 432 g/mol. The lowest BCUT2D eigenvalue weighted by Crippen LogP contribution is -2.53. The van der Waals surface area contributed by atoms with Gasteiger partial charge in [-0.05, 0) is 50.5 Å². The highest BCUT2D eigenvalue weighted by atomic mass is 16.7. The van der Waals surface area contributed by atoms with Crippen molar-refractivity contribution >= 4 is 23.5 Å². The van der Waals surface area contributed by atoms with E-state index in [1.54, 1.807) is 13.8 Å². The normalized spacial score (nSPS) is 37.6. The lowest BCUT2D eigenvalue weighted by atomic mass is 9.75. The molecule has 2 aliphatic carbocycles. The third-order valence-electron chi connectivity index (χ3n) is 6.98. The molecule has 33 heavy (non-hydrogen) atoms. The Balaban J connectivity index is 2.23. The molecule has 1 saturated heterocycles. The molecule has 9 heteroatoms. The second-order valence-electron chi connectivity index (χ2n) is 9.06. The number of carbonyl (C=O) groups excluding carboxylic acids is 4. The molecule has 0 radical (unpaired) electrons. The van der Waals surface area contributed by atoms with Gasteiger partial charge in [0.1, 0.15) is 11.7 Å². The third-order valence-corrected chi connectivity index (χ3v) is 6.98. The highest BCUT2D eigenvalue weighted by molar-refractivity contribution is 6.11. The topological polar surface area (TPSA) is 140 Å². The van der Waals surface area contributed by atoms with Crippen LogP contribution in [0.3, 0.4) is 0 Å². The molecule has 180 valence electrons. The summed E-state index contributed by atoms with van der Waals surface area (Å²) in [5, 5.41) is 23.0. The maximum absolute atomic E-state index is 12.9. The fraction of sp³-hybridized carbons (Fsp3) is 0.583. The van der Waals surface area contributed by atoms with E-state index in [0.717, 1.165) is 6.92 Å². The van der Waals surface area contributed by atoms with E-state index in [-0.39, 0.29) is 28.7 Å². The zero-order valence-corrected chi connectivity index (χ0v) is 19.6. The Morgan fingerprint density at radius 2 is 1.82 bits per heavy atom. The molecule has 3 rings (SSSR count). The summed E-state index contributed by atoms with van der Waals surface area (Å²) in [6.07, 6.45) is -3.79. The zero-order valence-electron chi connectivity index (χ0n) is 19.6. The van der Waals surface area contributed by atoms with E-state index in [4.69, 9.17) is 14.2 Å². The van der Waals surface area contributed by atoms with Crippen molar-refractivity contribution in [2.45, 2.75) is 83.6 Å². The first-order chi connectivity index (χ1) is 15.2. The molecule has 1 aliphatic heterocycles. The standard InChI is InChI=1S/C24H30O9/c1-8-15(26)11(3)17-20(31-14(6)25)19(32-22(29)23(7)13(5)33-23)12(4)18-16(27)9-10(2)24(18,30)21(17)28/h9,13,17,19-21,28,30H,3,8H2,1-2,4-7H3/t13-,17+,19+,20+,21-,23+,24+/m0/s1. The van der Waals surface area contributed by atoms with Gasteiger partial charge < -0.3 is 24.4 Å². The van der Waals surface area contributed by atoms with Gasteiger partial charge in [-0.25, -0.2) is 4.79 Å². The van der Waals surface area contributed by atoms with Crippen molar-refractivity contribution in [3.05, 3.63) is 34.9 Å². The molecule has 2 N–H and O–H groups in total. The van der Waals surface area contributed by atoms with Crippen molar-refractivity contribution in [1.29, 1.82) is 0 Å². The van der Waals surface area contributed by atoms with Crippen LogP contribution < -0.4 is 0 Å². The second kappa shape index (κ2) is 8.30. The molecule has 0 amide bonds. The zero-order chi connectivity index (χ0) is 25.0. The third kappa shape index (κ3) is 3.78. The highest BCUT2D eigenvalue weighted by Crippen LogP contribution is 2.48. The van der Waals surface area contributed by atoms with Gasteiger partial charge in [0, 0.05) is 18.9 Å². The molecule has 1 fully saturated rings. The summed E-state index contributed by atoms with van der Waals surface area (Å²) < 4.78 is 16.6. The fourth-order valence-electron chi connectivity index (χ4n) is 4.72. The molecule has 0 aromatic rings. The van der Waals surface area contributed by atoms with Crippen molar-refractivity contribution in [2.75, 3.05) is 0 Å². The van der Waals surface area contributed by atoms with Crippen molar-refractivity contribution in [3.63, 3.8) is 0 Å². The van der Waals surface area contributed by atoms with E-state index in [2.05, 4.69) is 6.58 Å². The van der Waals surface area contributed by atoms with Gasteiger partial charge in [0.15, 0.2) is 29.4 Å². The van der Waals surface area contributed by atoms with Gasteiger partial charge in [-0.1, -0.05) is 13.5 Å². The number of hydrogen-bond acceptors (Lipinski definition) is 9. The fourth-order valence-corrected chi connectivity index (χ4v) is 4.72. The smallest absolute Gasteiger partial charge is 0.341 e. The predicted octanol–water partition coefficient (Wildman–Crippen LogP) is 1.11. The first-order valence-electron chi connectivity index (χ1n) is 10.8. The second-order valence-corrected chi connectivity index (χ2v) is 9.06. The quantitative estimate of drug-likeness (QED) is 0.337. The van der Waals surface area contributed by atoms with Crippen LogP contribution in [0.15, 0.2) is 34.9 Å². The molecule has 0 saturated carbocycles.